The predicted octanol–water partition coefficient (Wildman–Crippen LogP) is 4.21. The molecule has 0 unspecified atom stereocenters. The summed E-state index contributed by atoms with van der Waals surface area (Å²) in [5.74, 6) is 0.936. The molecule has 0 aliphatic heterocycles. The Morgan fingerprint density at radius 1 is 1.26 bits per heavy atom. The van der Waals surface area contributed by atoms with Gasteiger partial charge in [-0.05, 0) is 53.0 Å². The van der Waals surface area contributed by atoms with Crippen LogP contribution in [0.3, 0.4) is 0 Å². The van der Waals surface area contributed by atoms with E-state index in [0.29, 0.717) is 0 Å². The van der Waals surface area contributed by atoms with Gasteiger partial charge in [-0.1, -0.05) is 26.8 Å². The normalized spacial score (nSPS) is 14.9. The van der Waals surface area contributed by atoms with Gasteiger partial charge in [0.1, 0.15) is 12.0 Å². The number of rotatable bonds is 3. The Balaban J connectivity index is 2.21. The largest absolute Gasteiger partial charge is 0.543 e. The van der Waals surface area contributed by atoms with Gasteiger partial charge in [-0.15, -0.1) is 0 Å². The van der Waals surface area contributed by atoms with Gasteiger partial charge in [0.05, 0.1) is 0 Å². The van der Waals surface area contributed by atoms with Gasteiger partial charge in [-0.3, -0.25) is 4.79 Å². The molecule has 1 aliphatic rings. The van der Waals surface area contributed by atoms with E-state index in [2.05, 4.69) is 39.9 Å². The van der Waals surface area contributed by atoms with E-state index in [1.807, 2.05) is 18.2 Å². The Morgan fingerprint density at radius 2 is 1.95 bits per heavy atom. The van der Waals surface area contributed by atoms with Gasteiger partial charge < -0.3 is 4.43 Å². The number of hydrogen-bond donors (Lipinski definition) is 0. The first-order chi connectivity index (χ1) is 8.73. The second kappa shape index (κ2) is 4.64. The minimum absolute atomic E-state index is 0.193. The molecule has 2 rings (SSSR count). The molecule has 3 heteroatoms. The van der Waals surface area contributed by atoms with Crippen LogP contribution >= 0.6 is 0 Å². The maximum Gasteiger partial charge on any atom is 0.250 e. The molecule has 0 atom stereocenters. The smallest absolute Gasteiger partial charge is 0.250 e. The fraction of sp³-hybridized carbons (Fsp3) is 0.438. The van der Waals surface area contributed by atoms with Crippen molar-refractivity contribution in [2.75, 3.05) is 0 Å². The van der Waals surface area contributed by atoms with Gasteiger partial charge >= 0.3 is 0 Å². The molecule has 19 heavy (non-hydrogen) atoms. The molecule has 1 aliphatic carbocycles. The summed E-state index contributed by atoms with van der Waals surface area (Å²) >= 11 is 0. The summed E-state index contributed by atoms with van der Waals surface area (Å²) in [5, 5.41) is 0.193. The zero-order valence-electron chi connectivity index (χ0n) is 12.4. The van der Waals surface area contributed by atoms with Gasteiger partial charge in [0.15, 0.2) is 0 Å². The van der Waals surface area contributed by atoms with E-state index in [-0.39, 0.29) is 5.04 Å². The molecular formula is C16H22O2Si. The minimum Gasteiger partial charge on any atom is -0.543 e. The van der Waals surface area contributed by atoms with Gasteiger partial charge in [-0.25, -0.2) is 0 Å². The molecule has 0 bridgehead atoms. The van der Waals surface area contributed by atoms with Crippen LogP contribution in [0.2, 0.25) is 18.1 Å². The summed E-state index contributed by atoms with van der Waals surface area (Å²) in [6.07, 6.45) is 3.63. The van der Waals surface area contributed by atoms with E-state index in [4.69, 9.17) is 4.43 Å². The monoisotopic (exact) mass is 274 g/mol. The van der Waals surface area contributed by atoms with Crippen LogP contribution in [0.15, 0.2) is 23.8 Å². The molecule has 1 aromatic rings. The summed E-state index contributed by atoms with van der Waals surface area (Å²) in [5.41, 5.74) is 3.18. The average molecular weight is 274 g/mol. The van der Waals surface area contributed by atoms with E-state index >= 15 is 0 Å². The second-order valence-corrected chi connectivity index (χ2v) is 11.5. The van der Waals surface area contributed by atoms with Crippen LogP contribution in [0.25, 0.3) is 6.08 Å². The number of benzene rings is 1. The van der Waals surface area contributed by atoms with Crippen LogP contribution in [-0.4, -0.2) is 14.6 Å². The summed E-state index contributed by atoms with van der Waals surface area (Å²) in [7, 11) is -1.79. The third-order valence-corrected chi connectivity index (χ3v) is 8.54. The molecule has 0 radical (unpaired) electrons. The van der Waals surface area contributed by atoms with Gasteiger partial charge in [0.25, 0.3) is 0 Å². The maximum absolute atomic E-state index is 10.8. The van der Waals surface area contributed by atoms with E-state index in [9.17, 15) is 4.79 Å². The third-order valence-electron chi connectivity index (χ3n) is 4.18. The van der Waals surface area contributed by atoms with Gasteiger partial charge in [0.2, 0.25) is 8.32 Å². The van der Waals surface area contributed by atoms with Crippen LogP contribution < -0.4 is 4.43 Å². The van der Waals surface area contributed by atoms with Crippen molar-refractivity contribution in [1.82, 2.24) is 0 Å². The van der Waals surface area contributed by atoms with Gasteiger partial charge in [-0.2, -0.15) is 0 Å². The van der Waals surface area contributed by atoms with E-state index < -0.39 is 8.32 Å². The lowest BCUT2D eigenvalue weighted by atomic mass is 10.1. The standard InChI is InChI=1S/C16H22O2Si/c1-16(2,3)19(4,5)18-15-7-6-13-8-12(11-17)9-14(13)10-15/h6-8,10-11H,9H2,1-5H3. The van der Waals surface area contributed by atoms with Crippen molar-refractivity contribution >= 4 is 20.7 Å². The van der Waals surface area contributed by atoms with Crippen LogP contribution in [0, 0.1) is 0 Å². The van der Waals surface area contributed by atoms with Crippen molar-refractivity contribution in [1.29, 1.82) is 0 Å². The molecule has 0 amide bonds. The second-order valence-electron chi connectivity index (χ2n) is 6.74. The van der Waals surface area contributed by atoms with E-state index in [1.165, 1.54) is 5.56 Å². The van der Waals surface area contributed by atoms with Crippen molar-refractivity contribution in [3.63, 3.8) is 0 Å². The van der Waals surface area contributed by atoms with E-state index in [1.54, 1.807) is 0 Å². The molecule has 0 saturated heterocycles. The first-order valence-electron chi connectivity index (χ1n) is 6.71. The zero-order valence-corrected chi connectivity index (χ0v) is 13.4. The molecule has 0 spiro atoms. The number of carbonyl (C=O) groups is 1. The number of allylic oxidation sites excluding steroid dienone is 1. The van der Waals surface area contributed by atoms with Crippen molar-refractivity contribution in [3.8, 4) is 5.75 Å². The predicted molar refractivity (Wildman–Crippen MR) is 82.0 cm³/mol. The topological polar surface area (TPSA) is 26.3 Å². The number of aldehydes is 1. The SMILES string of the molecule is CC(C)(C)[Si](C)(C)Oc1ccc2c(c1)CC(C=O)=C2. The summed E-state index contributed by atoms with van der Waals surface area (Å²) < 4.78 is 6.29. The Morgan fingerprint density at radius 3 is 2.53 bits per heavy atom. The average Bonchev–Trinajstić information content (AvgIpc) is 2.69. The fourth-order valence-electron chi connectivity index (χ4n) is 1.93. The Labute approximate surface area is 116 Å². The first-order valence-corrected chi connectivity index (χ1v) is 9.61. The molecule has 0 aromatic heterocycles. The summed E-state index contributed by atoms with van der Waals surface area (Å²) in [6.45, 7) is 11.2. The van der Waals surface area contributed by atoms with Crippen LogP contribution in [0.5, 0.6) is 5.75 Å². The quantitative estimate of drug-likeness (QED) is 0.609. The molecule has 0 saturated carbocycles. The summed E-state index contributed by atoms with van der Waals surface area (Å²) in [4.78, 5) is 10.8. The summed E-state index contributed by atoms with van der Waals surface area (Å²) in [6, 6.07) is 6.15. The highest BCUT2D eigenvalue weighted by Crippen LogP contribution is 2.38. The first kappa shape index (κ1) is 14.1. The minimum atomic E-state index is -1.79. The van der Waals surface area contributed by atoms with Crippen LogP contribution in [-0.2, 0) is 11.2 Å². The third kappa shape index (κ3) is 2.81. The maximum atomic E-state index is 10.8. The Bertz CT molecular complexity index is 536. The van der Waals surface area contributed by atoms with E-state index in [0.717, 1.165) is 29.6 Å². The number of hydrogen-bond acceptors (Lipinski definition) is 2. The molecule has 2 nitrogen and oxygen atoms in total. The van der Waals surface area contributed by atoms with Crippen LogP contribution in [0.4, 0.5) is 0 Å². The number of carbonyl (C=O) groups excluding carboxylic acids is 1. The molecule has 1 aromatic carbocycles. The molecule has 0 fully saturated rings. The number of fused-ring (bicyclic) bond motifs is 1. The molecule has 0 heterocycles. The lowest BCUT2D eigenvalue weighted by Crippen LogP contribution is -2.43. The molecule has 102 valence electrons. The molecule has 0 N–H and O–H groups in total. The lowest BCUT2D eigenvalue weighted by molar-refractivity contribution is -0.104. The highest BCUT2D eigenvalue weighted by molar-refractivity contribution is 6.74. The Kier molecular flexibility index (Phi) is 3.43. The van der Waals surface area contributed by atoms with Crippen LogP contribution in [0.1, 0.15) is 31.9 Å². The highest BCUT2D eigenvalue weighted by Gasteiger charge is 2.39. The van der Waals surface area contributed by atoms with Crippen molar-refractivity contribution < 1.29 is 9.22 Å². The zero-order chi connectivity index (χ0) is 14.3. The highest BCUT2D eigenvalue weighted by atomic mass is 28.4. The van der Waals surface area contributed by atoms with Crippen molar-refractivity contribution in [2.45, 2.75) is 45.3 Å². The molecular weight excluding hydrogens is 252 g/mol. The van der Waals surface area contributed by atoms with Gasteiger partial charge in [0, 0.05) is 6.42 Å². The lowest BCUT2D eigenvalue weighted by Gasteiger charge is -2.36. The van der Waals surface area contributed by atoms with Crippen molar-refractivity contribution in [2.24, 2.45) is 0 Å². The fourth-order valence-corrected chi connectivity index (χ4v) is 2.96. The Hall–Kier alpha value is -1.35. The van der Waals surface area contributed by atoms with Crippen molar-refractivity contribution in [3.05, 3.63) is 34.9 Å².